The van der Waals surface area contributed by atoms with Crippen LogP contribution >= 0.6 is 0 Å². The van der Waals surface area contributed by atoms with E-state index in [0.717, 1.165) is 19.1 Å². The molecule has 0 N–H and O–H groups in total. The zero-order valence-corrected chi connectivity index (χ0v) is 11.9. The molecule has 0 aromatic heterocycles. The van der Waals surface area contributed by atoms with Gasteiger partial charge >= 0.3 is 0 Å². The van der Waals surface area contributed by atoms with Crippen LogP contribution in [0.3, 0.4) is 0 Å². The number of aldehydes is 1. The highest BCUT2D eigenvalue weighted by Gasteiger charge is 2.05. The zero-order valence-electron chi connectivity index (χ0n) is 11.9. The van der Waals surface area contributed by atoms with E-state index >= 15 is 0 Å². The molecular weight excluding hydrogens is 240 g/mol. The fourth-order valence-electron chi connectivity index (χ4n) is 1.60. The number of carbonyl (C=O) groups excluding carboxylic acids is 1. The summed E-state index contributed by atoms with van der Waals surface area (Å²) in [5.74, 6) is 1.32. The standard InChI is InChI=1S/C16H22O3/c1-4-13(3)7-6-10-19-15-9-8-14(12-17)11-16(15)18-5-2/h7-9,11-12H,4-6,10H2,1-3H3. The third kappa shape index (κ3) is 5.16. The highest BCUT2D eigenvalue weighted by atomic mass is 16.5. The molecule has 1 rings (SSSR count). The van der Waals surface area contributed by atoms with E-state index in [2.05, 4.69) is 19.9 Å². The van der Waals surface area contributed by atoms with E-state index in [0.29, 0.717) is 30.3 Å². The van der Waals surface area contributed by atoms with Gasteiger partial charge in [0.05, 0.1) is 13.2 Å². The summed E-state index contributed by atoms with van der Waals surface area (Å²) in [7, 11) is 0. The van der Waals surface area contributed by atoms with Gasteiger partial charge in [0.1, 0.15) is 6.29 Å². The Morgan fingerprint density at radius 3 is 2.63 bits per heavy atom. The molecule has 1 aromatic rings. The van der Waals surface area contributed by atoms with Crippen LogP contribution < -0.4 is 9.47 Å². The summed E-state index contributed by atoms with van der Waals surface area (Å²) < 4.78 is 11.2. The van der Waals surface area contributed by atoms with Gasteiger partial charge < -0.3 is 9.47 Å². The van der Waals surface area contributed by atoms with Crippen molar-refractivity contribution in [1.29, 1.82) is 0 Å². The first-order valence-electron chi connectivity index (χ1n) is 6.71. The van der Waals surface area contributed by atoms with Crippen molar-refractivity contribution in [3.63, 3.8) is 0 Å². The van der Waals surface area contributed by atoms with E-state index in [9.17, 15) is 4.79 Å². The van der Waals surface area contributed by atoms with Crippen molar-refractivity contribution in [2.24, 2.45) is 0 Å². The molecule has 0 unspecified atom stereocenters. The highest BCUT2D eigenvalue weighted by molar-refractivity contribution is 5.76. The van der Waals surface area contributed by atoms with Gasteiger partial charge in [-0.25, -0.2) is 0 Å². The van der Waals surface area contributed by atoms with Gasteiger partial charge in [0.2, 0.25) is 0 Å². The number of hydrogen-bond donors (Lipinski definition) is 0. The smallest absolute Gasteiger partial charge is 0.161 e. The Kier molecular flexibility index (Phi) is 6.72. The minimum absolute atomic E-state index is 0.549. The Morgan fingerprint density at radius 2 is 2.00 bits per heavy atom. The minimum Gasteiger partial charge on any atom is -0.490 e. The Bertz CT molecular complexity index is 436. The number of rotatable bonds is 8. The molecule has 19 heavy (non-hydrogen) atoms. The second-order valence-corrected chi connectivity index (χ2v) is 4.30. The van der Waals surface area contributed by atoms with Crippen LogP contribution in [0, 0.1) is 0 Å². The van der Waals surface area contributed by atoms with Crippen LogP contribution in [0.15, 0.2) is 29.8 Å². The fraction of sp³-hybridized carbons (Fsp3) is 0.438. The van der Waals surface area contributed by atoms with Crippen molar-refractivity contribution < 1.29 is 14.3 Å². The second kappa shape index (κ2) is 8.35. The summed E-state index contributed by atoms with van der Waals surface area (Å²) in [6.07, 6.45) is 4.93. The summed E-state index contributed by atoms with van der Waals surface area (Å²) in [5, 5.41) is 0. The number of allylic oxidation sites excluding steroid dienone is 1. The van der Waals surface area contributed by atoms with Crippen LogP contribution in [-0.2, 0) is 0 Å². The SMILES string of the molecule is CCOc1cc(C=O)ccc1OCCC=C(C)CC. The minimum atomic E-state index is 0.549. The second-order valence-electron chi connectivity index (χ2n) is 4.30. The molecule has 0 heterocycles. The molecule has 0 atom stereocenters. The molecule has 1 aromatic carbocycles. The van der Waals surface area contributed by atoms with E-state index < -0.39 is 0 Å². The Balaban J connectivity index is 2.64. The maximum atomic E-state index is 10.7. The molecule has 0 saturated heterocycles. The molecule has 0 radical (unpaired) electrons. The molecule has 0 saturated carbocycles. The highest BCUT2D eigenvalue weighted by Crippen LogP contribution is 2.28. The van der Waals surface area contributed by atoms with Crippen LogP contribution in [0.25, 0.3) is 0 Å². The summed E-state index contributed by atoms with van der Waals surface area (Å²) in [6, 6.07) is 5.22. The average Bonchev–Trinajstić information content (AvgIpc) is 2.44. The van der Waals surface area contributed by atoms with E-state index in [1.165, 1.54) is 5.57 Å². The van der Waals surface area contributed by atoms with Gasteiger partial charge in [0, 0.05) is 5.56 Å². The third-order valence-electron chi connectivity index (χ3n) is 2.83. The maximum Gasteiger partial charge on any atom is 0.161 e. The van der Waals surface area contributed by atoms with Crippen molar-refractivity contribution in [3.05, 3.63) is 35.4 Å². The Labute approximate surface area is 115 Å². The first-order chi connectivity index (χ1) is 9.21. The van der Waals surface area contributed by atoms with Crippen LogP contribution in [0.2, 0.25) is 0 Å². The largest absolute Gasteiger partial charge is 0.490 e. The summed E-state index contributed by atoms with van der Waals surface area (Å²) in [6.45, 7) is 7.32. The molecule has 3 nitrogen and oxygen atoms in total. The lowest BCUT2D eigenvalue weighted by atomic mass is 10.2. The summed E-state index contributed by atoms with van der Waals surface area (Å²) in [4.78, 5) is 10.7. The molecule has 0 amide bonds. The molecule has 0 spiro atoms. The first kappa shape index (κ1) is 15.3. The van der Waals surface area contributed by atoms with Crippen LogP contribution in [0.1, 0.15) is 44.0 Å². The van der Waals surface area contributed by atoms with Crippen LogP contribution in [0.5, 0.6) is 11.5 Å². The molecule has 0 bridgehead atoms. The van der Waals surface area contributed by atoms with E-state index in [-0.39, 0.29) is 0 Å². The summed E-state index contributed by atoms with van der Waals surface area (Å²) >= 11 is 0. The van der Waals surface area contributed by atoms with Gasteiger partial charge in [0.25, 0.3) is 0 Å². The number of ether oxygens (including phenoxy) is 2. The van der Waals surface area contributed by atoms with Gasteiger partial charge in [-0.1, -0.05) is 18.6 Å². The normalized spacial score (nSPS) is 11.2. The fourth-order valence-corrected chi connectivity index (χ4v) is 1.60. The predicted octanol–water partition coefficient (Wildman–Crippen LogP) is 4.02. The van der Waals surface area contributed by atoms with Gasteiger partial charge in [-0.15, -0.1) is 0 Å². The lowest BCUT2D eigenvalue weighted by molar-refractivity contribution is 0.112. The van der Waals surface area contributed by atoms with Gasteiger partial charge in [-0.05, 0) is 44.9 Å². The van der Waals surface area contributed by atoms with Crippen molar-refractivity contribution in [3.8, 4) is 11.5 Å². The van der Waals surface area contributed by atoms with Crippen molar-refractivity contribution >= 4 is 6.29 Å². The number of hydrogen-bond acceptors (Lipinski definition) is 3. The van der Waals surface area contributed by atoms with Gasteiger partial charge in [-0.3, -0.25) is 4.79 Å². The first-order valence-corrected chi connectivity index (χ1v) is 6.71. The Hall–Kier alpha value is -1.77. The van der Waals surface area contributed by atoms with Gasteiger partial charge in [0.15, 0.2) is 11.5 Å². The van der Waals surface area contributed by atoms with Crippen LogP contribution in [0.4, 0.5) is 0 Å². The van der Waals surface area contributed by atoms with Crippen molar-refractivity contribution in [2.45, 2.75) is 33.6 Å². The number of carbonyl (C=O) groups is 1. The van der Waals surface area contributed by atoms with E-state index in [1.54, 1.807) is 18.2 Å². The molecule has 0 fully saturated rings. The lowest BCUT2D eigenvalue weighted by Crippen LogP contribution is -2.01. The zero-order chi connectivity index (χ0) is 14.1. The molecule has 0 aliphatic carbocycles. The molecule has 104 valence electrons. The third-order valence-corrected chi connectivity index (χ3v) is 2.83. The lowest BCUT2D eigenvalue weighted by Gasteiger charge is -2.11. The van der Waals surface area contributed by atoms with Gasteiger partial charge in [-0.2, -0.15) is 0 Å². The maximum absolute atomic E-state index is 10.7. The quantitative estimate of drug-likeness (QED) is 0.403. The van der Waals surface area contributed by atoms with E-state index in [1.807, 2.05) is 6.92 Å². The number of benzene rings is 1. The van der Waals surface area contributed by atoms with E-state index in [4.69, 9.17) is 9.47 Å². The monoisotopic (exact) mass is 262 g/mol. The molecule has 3 heteroatoms. The predicted molar refractivity (Wildman–Crippen MR) is 77.2 cm³/mol. The van der Waals surface area contributed by atoms with Crippen molar-refractivity contribution in [2.75, 3.05) is 13.2 Å². The molecule has 0 aliphatic heterocycles. The topological polar surface area (TPSA) is 35.5 Å². The van der Waals surface area contributed by atoms with Crippen LogP contribution in [-0.4, -0.2) is 19.5 Å². The Morgan fingerprint density at radius 1 is 1.21 bits per heavy atom. The average molecular weight is 262 g/mol. The van der Waals surface area contributed by atoms with Crippen molar-refractivity contribution in [1.82, 2.24) is 0 Å². The molecular formula is C16H22O3. The molecule has 0 aliphatic rings. The summed E-state index contributed by atoms with van der Waals surface area (Å²) in [5.41, 5.74) is 1.96.